The molecule has 2 aromatic rings. The Bertz CT molecular complexity index is 844. The summed E-state index contributed by atoms with van der Waals surface area (Å²) in [6, 6.07) is 13.4. The van der Waals surface area contributed by atoms with Crippen molar-refractivity contribution in [1.82, 2.24) is 5.32 Å². The minimum atomic E-state index is -0.553. The largest absolute Gasteiger partial charge is 0.497 e. The van der Waals surface area contributed by atoms with Crippen molar-refractivity contribution in [3.05, 3.63) is 53.6 Å². The van der Waals surface area contributed by atoms with Crippen LogP contribution in [0.25, 0.3) is 0 Å². The fraction of sp³-hybridized carbons (Fsp3) is 0.458. The number of hydrogen-bond donors (Lipinski definition) is 1. The zero-order chi connectivity index (χ0) is 21.0. The van der Waals surface area contributed by atoms with Gasteiger partial charge in [0.05, 0.1) is 13.2 Å². The molecule has 1 N–H and O–H groups in total. The number of carbonyl (C=O) groups is 1. The molecule has 0 saturated heterocycles. The van der Waals surface area contributed by atoms with Gasteiger partial charge in [-0.3, -0.25) is 4.79 Å². The molecule has 0 bridgehead atoms. The highest BCUT2D eigenvalue weighted by atomic mass is 16.5. The molecule has 1 aliphatic heterocycles. The van der Waals surface area contributed by atoms with E-state index in [9.17, 15) is 4.79 Å². The summed E-state index contributed by atoms with van der Waals surface area (Å²) in [6.07, 6.45) is 1.67. The van der Waals surface area contributed by atoms with E-state index in [0.29, 0.717) is 18.6 Å². The smallest absolute Gasteiger partial charge is 0.261 e. The van der Waals surface area contributed by atoms with Crippen LogP contribution >= 0.6 is 0 Å². The molecule has 2 unspecified atom stereocenters. The summed E-state index contributed by atoms with van der Waals surface area (Å²) in [5.74, 6) is 2.10. The lowest BCUT2D eigenvalue weighted by atomic mass is 9.89. The van der Waals surface area contributed by atoms with Gasteiger partial charge < -0.3 is 19.5 Å². The fourth-order valence-corrected chi connectivity index (χ4v) is 3.64. The molecule has 0 aliphatic carbocycles. The number of fused-ring (bicyclic) bond motifs is 1. The molecule has 29 heavy (non-hydrogen) atoms. The lowest BCUT2D eigenvalue weighted by Crippen LogP contribution is -2.45. The normalized spacial score (nSPS) is 18.2. The van der Waals surface area contributed by atoms with Gasteiger partial charge in [-0.15, -0.1) is 0 Å². The summed E-state index contributed by atoms with van der Waals surface area (Å²) in [7, 11) is 1.63. The number of benzene rings is 2. The van der Waals surface area contributed by atoms with E-state index in [0.717, 1.165) is 23.5 Å². The van der Waals surface area contributed by atoms with Gasteiger partial charge in [0.2, 0.25) is 0 Å². The maximum absolute atomic E-state index is 13.0. The molecule has 3 rings (SSSR count). The van der Waals surface area contributed by atoms with Crippen molar-refractivity contribution in [2.45, 2.75) is 64.7 Å². The third-order valence-corrected chi connectivity index (χ3v) is 5.26. The zero-order valence-electron chi connectivity index (χ0n) is 18.0. The van der Waals surface area contributed by atoms with Crippen molar-refractivity contribution < 1.29 is 19.0 Å². The van der Waals surface area contributed by atoms with Crippen LogP contribution in [0.2, 0.25) is 0 Å². The molecule has 0 spiro atoms. The Morgan fingerprint density at radius 3 is 2.48 bits per heavy atom. The van der Waals surface area contributed by atoms with Gasteiger partial charge in [-0.05, 0) is 62.6 Å². The van der Waals surface area contributed by atoms with Crippen LogP contribution in [0.5, 0.6) is 17.2 Å². The molecule has 5 heteroatoms. The van der Waals surface area contributed by atoms with Crippen molar-refractivity contribution in [3.63, 3.8) is 0 Å². The van der Waals surface area contributed by atoms with Crippen molar-refractivity contribution in [3.8, 4) is 17.2 Å². The van der Waals surface area contributed by atoms with Gasteiger partial charge in [0.25, 0.3) is 5.91 Å². The van der Waals surface area contributed by atoms with E-state index >= 15 is 0 Å². The van der Waals surface area contributed by atoms with E-state index in [1.54, 1.807) is 7.11 Å². The van der Waals surface area contributed by atoms with Crippen LogP contribution in [0.15, 0.2) is 42.5 Å². The van der Waals surface area contributed by atoms with Crippen molar-refractivity contribution >= 4 is 5.91 Å². The van der Waals surface area contributed by atoms with Crippen molar-refractivity contribution in [1.29, 1.82) is 0 Å². The maximum Gasteiger partial charge on any atom is 0.261 e. The first-order valence-corrected chi connectivity index (χ1v) is 10.3. The molecular weight excluding hydrogens is 366 g/mol. The van der Waals surface area contributed by atoms with E-state index in [1.165, 1.54) is 5.56 Å². The molecule has 5 nitrogen and oxygen atoms in total. The second kappa shape index (κ2) is 8.76. The van der Waals surface area contributed by atoms with Crippen LogP contribution in [0, 0.1) is 0 Å². The number of ether oxygens (including phenoxy) is 3. The van der Waals surface area contributed by atoms with Gasteiger partial charge in [-0.25, -0.2) is 0 Å². The van der Waals surface area contributed by atoms with E-state index in [2.05, 4.69) is 12.2 Å². The molecule has 1 amide bonds. The second-order valence-corrected chi connectivity index (χ2v) is 8.04. The fourth-order valence-electron chi connectivity index (χ4n) is 3.64. The Hall–Kier alpha value is -2.69. The van der Waals surface area contributed by atoms with Gasteiger partial charge in [0, 0.05) is 12.0 Å². The highest BCUT2D eigenvalue weighted by Crippen LogP contribution is 2.41. The van der Waals surface area contributed by atoms with E-state index in [-0.39, 0.29) is 17.6 Å². The third kappa shape index (κ3) is 5.03. The predicted octanol–water partition coefficient (Wildman–Crippen LogP) is 4.83. The average Bonchev–Trinajstić information content (AvgIpc) is 2.71. The molecule has 0 saturated carbocycles. The second-order valence-electron chi connectivity index (χ2n) is 8.04. The van der Waals surface area contributed by atoms with E-state index in [1.807, 2.05) is 63.2 Å². The number of aryl methyl sites for hydroxylation is 1. The third-order valence-electron chi connectivity index (χ3n) is 5.26. The van der Waals surface area contributed by atoms with Gasteiger partial charge in [-0.2, -0.15) is 0 Å². The summed E-state index contributed by atoms with van der Waals surface area (Å²) >= 11 is 0. The minimum Gasteiger partial charge on any atom is -0.497 e. The summed E-state index contributed by atoms with van der Waals surface area (Å²) in [5, 5.41) is 3.18. The van der Waals surface area contributed by atoms with Crippen LogP contribution in [0.3, 0.4) is 0 Å². The highest BCUT2D eigenvalue weighted by Gasteiger charge is 2.36. The quantitative estimate of drug-likeness (QED) is 0.727. The first-order chi connectivity index (χ1) is 13.8. The highest BCUT2D eigenvalue weighted by molar-refractivity contribution is 5.81. The van der Waals surface area contributed by atoms with Crippen molar-refractivity contribution in [2.75, 3.05) is 7.11 Å². The van der Waals surface area contributed by atoms with Gasteiger partial charge >= 0.3 is 0 Å². The molecule has 0 fully saturated rings. The molecular formula is C24H31NO4. The Kier molecular flexibility index (Phi) is 6.36. The van der Waals surface area contributed by atoms with Crippen LogP contribution in [0.4, 0.5) is 0 Å². The Balaban J connectivity index is 1.77. The van der Waals surface area contributed by atoms with Gasteiger partial charge in [0.1, 0.15) is 22.8 Å². The van der Waals surface area contributed by atoms with Crippen LogP contribution in [-0.4, -0.2) is 24.7 Å². The predicted molar refractivity (Wildman–Crippen MR) is 114 cm³/mol. The topological polar surface area (TPSA) is 56.8 Å². The molecule has 156 valence electrons. The Labute approximate surface area is 173 Å². The summed E-state index contributed by atoms with van der Waals surface area (Å²) in [5.41, 5.74) is 1.79. The van der Waals surface area contributed by atoms with E-state index < -0.39 is 6.10 Å². The molecule has 2 atom stereocenters. The Morgan fingerprint density at radius 2 is 1.86 bits per heavy atom. The van der Waals surface area contributed by atoms with E-state index in [4.69, 9.17) is 14.2 Å². The molecule has 2 aromatic carbocycles. The van der Waals surface area contributed by atoms with Crippen LogP contribution in [-0.2, 0) is 11.2 Å². The Morgan fingerprint density at radius 1 is 1.17 bits per heavy atom. The number of hydrogen-bond acceptors (Lipinski definition) is 4. The molecule has 1 heterocycles. The number of rotatable bonds is 7. The number of amides is 1. The number of nitrogens with one attached hydrogen (secondary N) is 1. The lowest BCUT2D eigenvalue weighted by molar-refractivity contribution is -0.129. The first kappa shape index (κ1) is 21.0. The summed E-state index contributed by atoms with van der Waals surface area (Å²) in [6.45, 7) is 8.13. The monoisotopic (exact) mass is 397 g/mol. The summed E-state index contributed by atoms with van der Waals surface area (Å²) < 4.78 is 17.4. The SMILES string of the molecule is CCc1ccc(OC(CC)C(=O)NC2CC(C)(C)Oc3ccc(OC)cc32)cc1. The number of methoxy groups -OCH3 is 1. The molecule has 0 aromatic heterocycles. The minimum absolute atomic E-state index is 0.122. The molecule has 0 radical (unpaired) electrons. The zero-order valence-corrected chi connectivity index (χ0v) is 18.0. The van der Waals surface area contributed by atoms with Crippen LogP contribution in [0.1, 0.15) is 57.7 Å². The first-order valence-electron chi connectivity index (χ1n) is 10.3. The lowest BCUT2D eigenvalue weighted by Gasteiger charge is -2.38. The van der Waals surface area contributed by atoms with Crippen LogP contribution < -0.4 is 19.5 Å². The summed E-state index contributed by atoms with van der Waals surface area (Å²) in [4.78, 5) is 13.0. The maximum atomic E-state index is 13.0. The average molecular weight is 398 g/mol. The van der Waals surface area contributed by atoms with Gasteiger partial charge in [0.15, 0.2) is 6.10 Å². The van der Waals surface area contributed by atoms with Gasteiger partial charge in [-0.1, -0.05) is 26.0 Å². The van der Waals surface area contributed by atoms with Crippen molar-refractivity contribution in [2.24, 2.45) is 0 Å². The molecule has 1 aliphatic rings. The standard InChI is InChI=1S/C24H31NO4/c1-6-16-8-10-17(11-9-16)28-21(7-2)23(26)25-20-15-24(3,4)29-22-13-12-18(27-5)14-19(20)22/h8-14,20-21H,6-7,15H2,1-5H3,(H,25,26). The number of carbonyl (C=O) groups excluding carboxylic acids is 1.